The second kappa shape index (κ2) is 5.10. The number of imidazole rings is 1. The van der Waals surface area contributed by atoms with E-state index in [2.05, 4.69) is 10.1 Å². The third-order valence-corrected chi connectivity index (χ3v) is 2.95. The number of nitrogens with two attached hydrogens (primary N) is 1. The Kier molecular flexibility index (Phi) is 3.53. The molecule has 0 spiro atoms. The fourth-order valence-electron chi connectivity index (χ4n) is 1.68. The van der Waals surface area contributed by atoms with Gasteiger partial charge in [0.1, 0.15) is 0 Å². The summed E-state index contributed by atoms with van der Waals surface area (Å²) in [5.74, 6) is 0.386. The molecule has 1 aromatic heterocycles. The number of rotatable bonds is 3. The Morgan fingerprint density at radius 2 is 2.33 bits per heavy atom. The minimum atomic E-state index is -0.0248. The van der Waals surface area contributed by atoms with Gasteiger partial charge < -0.3 is 15.5 Å². The number of hydrogen-bond acceptors (Lipinski definition) is 3. The molecule has 5 nitrogen and oxygen atoms in total. The highest BCUT2D eigenvalue weighted by Crippen LogP contribution is 2.19. The summed E-state index contributed by atoms with van der Waals surface area (Å²) in [4.78, 5) is 4.03. The van der Waals surface area contributed by atoms with Crippen LogP contribution < -0.4 is 5.73 Å². The van der Waals surface area contributed by atoms with E-state index >= 15 is 0 Å². The third-order valence-electron chi connectivity index (χ3n) is 2.60. The Morgan fingerprint density at radius 3 is 3.00 bits per heavy atom. The molecule has 1 aromatic carbocycles. The summed E-state index contributed by atoms with van der Waals surface area (Å²) in [6, 6.07) is 5.84. The van der Waals surface area contributed by atoms with Gasteiger partial charge in [0, 0.05) is 17.4 Å². The molecule has 0 fully saturated rings. The highest BCUT2D eigenvalue weighted by atomic mass is 35.5. The van der Waals surface area contributed by atoms with Crippen molar-refractivity contribution in [2.24, 2.45) is 10.9 Å². The van der Waals surface area contributed by atoms with Crippen molar-refractivity contribution >= 4 is 17.4 Å². The molecule has 0 aliphatic heterocycles. The van der Waals surface area contributed by atoms with E-state index in [1.54, 1.807) is 17.0 Å². The Hall–Kier alpha value is -2.01. The van der Waals surface area contributed by atoms with Crippen molar-refractivity contribution in [3.05, 3.63) is 52.6 Å². The highest BCUT2D eigenvalue weighted by Gasteiger charge is 2.09. The molecule has 2 rings (SSSR count). The maximum absolute atomic E-state index is 8.67. The van der Waals surface area contributed by atoms with Crippen LogP contribution in [0.25, 0.3) is 0 Å². The zero-order valence-corrected chi connectivity index (χ0v) is 10.6. The predicted molar refractivity (Wildman–Crippen MR) is 70.0 cm³/mol. The monoisotopic (exact) mass is 264 g/mol. The van der Waals surface area contributed by atoms with Gasteiger partial charge in [0.2, 0.25) is 5.84 Å². The number of hydrogen-bond donors (Lipinski definition) is 2. The molecule has 0 amide bonds. The van der Waals surface area contributed by atoms with Gasteiger partial charge in [0.15, 0.2) is 5.82 Å². The second-order valence-electron chi connectivity index (χ2n) is 3.96. The second-order valence-corrected chi connectivity index (χ2v) is 4.37. The predicted octanol–water partition coefficient (Wildman–Crippen LogP) is 1.99. The molecule has 0 saturated carbocycles. The molecule has 94 valence electrons. The van der Waals surface area contributed by atoms with Gasteiger partial charge in [-0.15, -0.1) is 0 Å². The normalized spacial score (nSPS) is 11.8. The summed E-state index contributed by atoms with van der Waals surface area (Å²) in [5, 5.41) is 12.3. The van der Waals surface area contributed by atoms with Gasteiger partial charge in [-0.05, 0) is 24.1 Å². The van der Waals surface area contributed by atoms with Crippen LogP contribution in [0.1, 0.15) is 17.0 Å². The Balaban J connectivity index is 2.32. The molecule has 3 N–H and O–H groups in total. The first-order chi connectivity index (χ1) is 8.61. The SMILES string of the molecule is Cc1ccc(Cn2ccnc2/C(N)=N/O)c(Cl)c1. The van der Waals surface area contributed by atoms with Gasteiger partial charge in [-0.1, -0.05) is 28.9 Å². The molecular weight excluding hydrogens is 252 g/mol. The lowest BCUT2D eigenvalue weighted by Crippen LogP contribution is -2.19. The molecule has 0 bridgehead atoms. The van der Waals surface area contributed by atoms with Gasteiger partial charge in [0.25, 0.3) is 0 Å². The summed E-state index contributed by atoms with van der Waals surface area (Å²) in [5.41, 5.74) is 7.59. The third kappa shape index (κ3) is 2.46. The summed E-state index contributed by atoms with van der Waals surface area (Å²) in [6.45, 7) is 2.50. The first-order valence-corrected chi connectivity index (χ1v) is 5.73. The lowest BCUT2D eigenvalue weighted by molar-refractivity contribution is 0.318. The molecular formula is C12H13ClN4O. The van der Waals surface area contributed by atoms with E-state index in [-0.39, 0.29) is 5.84 Å². The standard InChI is InChI=1S/C12H13ClN4O/c1-8-2-3-9(10(13)6-8)7-17-5-4-15-12(17)11(14)16-18/h2-6,18H,7H2,1H3,(H2,14,16). The maximum atomic E-state index is 8.67. The zero-order valence-electron chi connectivity index (χ0n) is 9.84. The molecule has 0 saturated heterocycles. The van der Waals surface area contributed by atoms with Gasteiger partial charge in [-0.25, -0.2) is 4.98 Å². The van der Waals surface area contributed by atoms with Crippen LogP contribution in [0.3, 0.4) is 0 Å². The Morgan fingerprint density at radius 1 is 1.56 bits per heavy atom. The first kappa shape index (κ1) is 12.4. The van der Waals surface area contributed by atoms with E-state index in [1.807, 2.05) is 25.1 Å². The van der Waals surface area contributed by atoms with Crippen molar-refractivity contribution in [3.63, 3.8) is 0 Å². The molecule has 0 aliphatic carbocycles. The lowest BCUT2D eigenvalue weighted by Gasteiger charge is -2.09. The van der Waals surface area contributed by atoms with Crippen molar-refractivity contribution in [3.8, 4) is 0 Å². The van der Waals surface area contributed by atoms with Gasteiger partial charge >= 0.3 is 0 Å². The van der Waals surface area contributed by atoms with Crippen LogP contribution in [0.5, 0.6) is 0 Å². The maximum Gasteiger partial charge on any atom is 0.206 e. The van der Waals surface area contributed by atoms with Gasteiger partial charge in [-0.3, -0.25) is 0 Å². The Bertz CT molecular complexity index is 592. The average molecular weight is 265 g/mol. The minimum absolute atomic E-state index is 0.0248. The zero-order chi connectivity index (χ0) is 13.1. The molecule has 6 heteroatoms. The molecule has 1 heterocycles. The number of aryl methyl sites for hydroxylation is 1. The molecule has 18 heavy (non-hydrogen) atoms. The van der Waals surface area contributed by atoms with Crippen molar-refractivity contribution < 1.29 is 5.21 Å². The summed E-state index contributed by atoms with van der Waals surface area (Å²) in [6.07, 6.45) is 3.35. The van der Waals surface area contributed by atoms with Crippen LogP contribution in [-0.4, -0.2) is 20.6 Å². The van der Waals surface area contributed by atoms with Crippen LogP contribution in [0.4, 0.5) is 0 Å². The highest BCUT2D eigenvalue weighted by molar-refractivity contribution is 6.31. The van der Waals surface area contributed by atoms with Gasteiger partial charge in [0.05, 0.1) is 6.54 Å². The molecule has 2 aromatic rings. The largest absolute Gasteiger partial charge is 0.409 e. The van der Waals surface area contributed by atoms with Crippen molar-refractivity contribution in [1.29, 1.82) is 0 Å². The number of nitrogens with zero attached hydrogens (tertiary/aromatic N) is 3. The van der Waals surface area contributed by atoms with Crippen molar-refractivity contribution in [2.75, 3.05) is 0 Å². The summed E-state index contributed by atoms with van der Waals surface area (Å²) >= 11 is 6.17. The van der Waals surface area contributed by atoms with E-state index in [1.165, 1.54) is 0 Å². The van der Waals surface area contributed by atoms with E-state index < -0.39 is 0 Å². The molecule has 0 unspecified atom stereocenters. The lowest BCUT2D eigenvalue weighted by atomic mass is 10.1. The molecule has 0 aliphatic rings. The first-order valence-electron chi connectivity index (χ1n) is 5.36. The quantitative estimate of drug-likeness (QED) is 0.385. The van der Waals surface area contributed by atoms with E-state index in [0.717, 1.165) is 11.1 Å². The van der Waals surface area contributed by atoms with Crippen LogP contribution in [0, 0.1) is 6.92 Å². The number of amidine groups is 1. The number of halogens is 1. The van der Waals surface area contributed by atoms with Crippen molar-refractivity contribution in [2.45, 2.75) is 13.5 Å². The average Bonchev–Trinajstić information content (AvgIpc) is 2.80. The van der Waals surface area contributed by atoms with Crippen LogP contribution in [0.2, 0.25) is 5.02 Å². The van der Waals surface area contributed by atoms with E-state index in [4.69, 9.17) is 22.5 Å². The Labute approximate surface area is 110 Å². The fourth-order valence-corrected chi connectivity index (χ4v) is 1.97. The molecule has 0 radical (unpaired) electrons. The number of benzene rings is 1. The van der Waals surface area contributed by atoms with E-state index in [9.17, 15) is 0 Å². The summed E-state index contributed by atoms with van der Waals surface area (Å²) < 4.78 is 1.77. The molecule has 0 atom stereocenters. The van der Waals surface area contributed by atoms with Crippen molar-refractivity contribution in [1.82, 2.24) is 9.55 Å². The van der Waals surface area contributed by atoms with Gasteiger partial charge in [-0.2, -0.15) is 0 Å². The van der Waals surface area contributed by atoms with Crippen LogP contribution in [-0.2, 0) is 6.54 Å². The topological polar surface area (TPSA) is 76.4 Å². The fraction of sp³-hybridized carbons (Fsp3) is 0.167. The van der Waals surface area contributed by atoms with Crippen LogP contribution in [0.15, 0.2) is 35.7 Å². The van der Waals surface area contributed by atoms with Crippen LogP contribution >= 0.6 is 11.6 Å². The smallest absolute Gasteiger partial charge is 0.206 e. The minimum Gasteiger partial charge on any atom is -0.409 e. The summed E-state index contributed by atoms with van der Waals surface area (Å²) in [7, 11) is 0. The van der Waals surface area contributed by atoms with E-state index in [0.29, 0.717) is 17.4 Å². The number of oxime groups is 1. The number of aromatic nitrogens is 2.